The number of nitroso groups, excluding NO2 is 1. The third-order valence-corrected chi connectivity index (χ3v) is 16.4. The molecule has 3 aliphatic rings. The molecule has 0 aliphatic carbocycles. The number of carbonyl (C=O) groups excluding carboxylic acids is 7. The summed E-state index contributed by atoms with van der Waals surface area (Å²) in [4.78, 5) is 118. The number of hydrazine groups is 1. The number of fused-ring (bicyclic) bond motifs is 2. The summed E-state index contributed by atoms with van der Waals surface area (Å²) in [7, 11) is 0. The number of unbranched alkanes of at least 4 members (excludes halogenated alkanes) is 2. The first-order chi connectivity index (χ1) is 42.9. The molecule has 0 saturated carbocycles. The summed E-state index contributed by atoms with van der Waals surface area (Å²) in [6.07, 6.45) is -10.9. The summed E-state index contributed by atoms with van der Waals surface area (Å²) >= 11 is 0. The van der Waals surface area contributed by atoms with Gasteiger partial charge in [0.15, 0.2) is 0 Å². The molecule has 16 N–H and O–H groups in total. The highest BCUT2D eigenvalue weighted by molar-refractivity contribution is 6.00. The van der Waals surface area contributed by atoms with E-state index in [1.807, 2.05) is 48.5 Å². The number of rotatable bonds is 21. The van der Waals surface area contributed by atoms with Crippen molar-refractivity contribution in [2.45, 2.75) is 145 Å². The molecule has 7 amide bonds. The Bertz CT molecular complexity index is 3090. The van der Waals surface area contributed by atoms with Gasteiger partial charge >= 0.3 is 0 Å². The van der Waals surface area contributed by atoms with Gasteiger partial charge in [0, 0.05) is 57.0 Å². The topological polar surface area (TPSA) is 428 Å². The van der Waals surface area contributed by atoms with Crippen LogP contribution < -0.4 is 42.5 Å². The first kappa shape index (κ1) is 69.4. The molecule has 4 aromatic carbocycles. The van der Waals surface area contributed by atoms with E-state index < -0.39 is 152 Å². The molecule has 3 heterocycles. The first-order valence-corrected chi connectivity index (χ1v) is 30.1. The van der Waals surface area contributed by atoms with Gasteiger partial charge in [-0.15, -0.1) is 0 Å². The molecule has 90 heavy (non-hydrogen) atoms. The van der Waals surface area contributed by atoms with Crippen LogP contribution in [-0.4, -0.2) is 222 Å². The highest BCUT2D eigenvalue weighted by Crippen LogP contribution is 2.30. The van der Waals surface area contributed by atoms with E-state index in [1.165, 1.54) is 36.2 Å². The number of ether oxygens (including phenoxy) is 1. The minimum atomic E-state index is -2.31. The quantitative estimate of drug-likeness (QED) is 0.0198. The van der Waals surface area contributed by atoms with Crippen molar-refractivity contribution in [2.24, 2.45) is 16.9 Å². The normalized spacial score (nSPS) is 26.2. The summed E-state index contributed by atoms with van der Waals surface area (Å²) in [6, 6.07) is 12.9. The molecule has 3 aliphatic heterocycles. The lowest BCUT2D eigenvalue weighted by Gasteiger charge is -2.34. The van der Waals surface area contributed by atoms with Gasteiger partial charge in [0.05, 0.1) is 37.6 Å². The van der Waals surface area contributed by atoms with Crippen molar-refractivity contribution < 1.29 is 79.2 Å². The van der Waals surface area contributed by atoms with Crippen LogP contribution in [0, 0.1) is 10.8 Å². The number of phenolic OH excluding ortho intramolecular Hbond substituents is 1. The van der Waals surface area contributed by atoms with Crippen LogP contribution in [0.4, 0.5) is 0 Å². The van der Waals surface area contributed by atoms with Gasteiger partial charge in [0.2, 0.25) is 35.4 Å². The Morgan fingerprint density at radius 2 is 1.27 bits per heavy atom. The van der Waals surface area contributed by atoms with E-state index >= 15 is 0 Å². The van der Waals surface area contributed by atoms with Crippen LogP contribution in [0.1, 0.15) is 81.8 Å². The monoisotopic (exact) mass is 1250 g/mol. The SMILES string of the molecule is CCCCCOc1ccc(-c2ccc(-c3ccc(C(=O)N[C@H]4C[C@@H](N=O)C(NCCN(N)CCO)NC(=O)C5[C@@H](O)[C@@H](C)CN5C(=O)C([C@@H](C)O)NC(=O)C([C@H](O)[C@@H](O)c5ccc(O)cc5)NC(=O)C5C[C@@H](O)CN5C(=O)C([C@@H](C)O)NC4=O)cc3)cc2)cc1. The standard InChI is InChI=1S/C62H83N11O17/c1-5-6-7-28-90-44-22-18-39(19-23-44)37-10-8-36(9-11-37)38-12-14-41(15-13-38)56(82)65-46-30-45(70-89)55(64-24-25-71(63)26-27-74)69-60(86)51-52(79)33(2)31-73(51)62(88)49(35(4)76)67-59(85)50(54(81)53(80)40-16-20-42(77)21-17-40)68-58(84)47-29-43(78)32-72(47)61(87)48(34(3)75)66-57(46)83/h8-23,33-35,43,45-55,64,74-81H,5-7,24-32,63H2,1-4H3,(H,65,82)(H,66,83)(H,67,85)(H,68,84)(H,69,86)/t33-,34+,35+,43+,45+,46-,47?,48?,49?,50?,51?,52-,53-,54-,55?/m0/s1. The average molecular weight is 1250 g/mol. The van der Waals surface area contributed by atoms with Gasteiger partial charge < -0.3 is 82.0 Å². The predicted molar refractivity (Wildman–Crippen MR) is 326 cm³/mol. The Balaban J connectivity index is 1.25. The highest BCUT2D eigenvalue weighted by atomic mass is 16.5. The minimum absolute atomic E-state index is 0.00711. The molecule has 6 unspecified atom stereocenters. The van der Waals surface area contributed by atoms with E-state index in [9.17, 15) is 79.3 Å². The second kappa shape index (κ2) is 32.1. The molecule has 15 atom stereocenters. The number of nitrogens with zero attached hydrogens (tertiary/aromatic N) is 4. The molecule has 0 aromatic heterocycles. The highest BCUT2D eigenvalue weighted by Gasteiger charge is 2.50. The molecule has 0 bridgehead atoms. The average Bonchev–Trinajstić information content (AvgIpc) is 1.99. The summed E-state index contributed by atoms with van der Waals surface area (Å²) in [5.41, 5.74) is 3.33. The third kappa shape index (κ3) is 17.5. The smallest absolute Gasteiger partial charge is 0.251 e. The van der Waals surface area contributed by atoms with Gasteiger partial charge in [-0.05, 0) is 84.5 Å². The number of aliphatic hydroxyl groups is 7. The fraction of sp³-hybridized carbons (Fsp3) is 0.500. The van der Waals surface area contributed by atoms with Crippen molar-refractivity contribution in [3.05, 3.63) is 113 Å². The predicted octanol–water partition coefficient (Wildman–Crippen LogP) is -1.39. The maximum Gasteiger partial charge on any atom is 0.251 e. The van der Waals surface area contributed by atoms with Crippen LogP contribution >= 0.6 is 0 Å². The Morgan fingerprint density at radius 1 is 0.711 bits per heavy atom. The van der Waals surface area contributed by atoms with Gasteiger partial charge in [-0.1, -0.05) is 92.5 Å². The van der Waals surface area contributed by atoms with Gasteiger partial charge in [-0.2, -0.15) is 4.91 Å². The van der Waals surface area contributed by atoms with Crippen molar-refractivity contribution in [2.75, 3.05) is 45.9 Å². The zero-order valence-electron chi connectivity index (χ0n) is 50.5. The largest absolute Gasteiger partial charge is 0.508 e. The molecule has 0 radical (unpaired) electrons. The molecule has 488 valence electrons. The van der Waals surface area contributed by atoms with Gasteiger partial charge in [-0.25, -0.2) is 5.01 Å². The number of aromatic hydroxyl groups is 1. The number of hydrogen-bond acceptors (Lipinski definition) is 21. The van der Waals surface area contributed by atoms with E-state index in [0.29, 0.717) is 12.2 Å². The van der Waals surface area contributed by atoms with Crippen molar-refractivity contribution >= 4 is 41.4 Å². The second-order valence-electron chi connectivity index (χ2n) is 23.1. The van der Waals surface area contributed by atoms with E-state index in [0.717, 1.165) is 77.5 Å². The maximum atomic E-state index is 14.9. The van der Waals surface area contributed by atoms with Gasteiger partial charge in [-0.3, -0.25) is 44.7 Å². The van der Waals surface area contributed by atoms with Crippen LogP contribution in [-0.2, 0) is 28.8 Å². The summed E-state index contributed by atoms with van der Waals surface area (Å²) in [5, 5.41) is 107. The van der Waals surface area contributed by atoms with Crippen molar-refractivity contribution in [3.63, 3.8) is 0 Å². The lowest BCUT2D eigenvalue weighted by atomic mass is 9.96. The molecule has 4 aromatic rings. The first-order valence-electron chi connectivity index (χ1n) is 30.1. The molecule has 7 rings (SSSR count). The number of amides is 7. The zero-order valence-corrected chi connectivity index (χ0v) is 50.5. The van der Waals surface area contributed by atoms with E-state index in [-0.39, 0.29) is 49.7 Å². The molecule has 3 saturated heterocycles. The fourth-order valence-electron chi connectivity index (χ4n) is 11.1. The van der Waals surface area contributed by atoms with Crippen LogP contribution in [0.5, 0.6) is 11.5 Å². The number of hydrogen-bond donors (Lipinski definition) is 15. The Labute approximate surface area is 520 Å². The van der Waals surface area contributed by atoms with Crippen LogP contribution in [0.25, 0.3) is 22.3 Å². The molecule has 28 nitrogen and oxygen atoms in total. The number of nitrogens with two attached hydrogens (primary N) is 1. The van der Waals surface area contributed by atoms with Gasteiger partial charge in [0.25, 0.3) is 5.91 Å². The number of benzene rings is 4. The van der Waals surface area contributed by atoms with Gasteiger partial charge in [0.1, 0.15) is 72.2 Å². The molecular weight excluding hydrogens is 1170 g/mol. The zero-order chi connectivity index (χ0) is 65.5. The lowest BCUT2D eigenvalue weighted by molar-refractivity contribution is -0.148. The number of nitrogens with one attached hydrogen (secondary N) is 6. The summed E-state index contributed by atoms with van der Waals surface area (Å²) in [6.45, 7) is 4.90. The van der Waals surface area contributed by atoms with Crippen LogP contribution in [0.3, 0.4) is 0 Å². The van der Waals surface area contributed by atoms with E-state index in [4.69, 9.17) is 10.6 Å². The molecule has 28 heteroatoms. The van der Waals surface area contributed by atoms with Crippen molar-refractivity contribution in [3.8, 4) is 33.8 Å². The van der Waals surface area contributed by atoms with E-state index in [2.05, 4.69) is 44.0 Å². The summed E-state index contributed by atoms with van der Waals surface area (Å²) < 4.78 is 5.86. The Hall–Kier alpha value is -8.03. The van der Waals surface area contributed by atoms with E-state index in [1.54, 1.807) is 12.1 Å². The number of aliphatic hydroxyl groups excluding tert-OH is 7. The fourth-order valence-corrected chi connectivity index (χ4v) is 11.1. The second-order valence-corrected chi connectivity index (χ2v) is 23.1. The van der Waals surface area contributed by atoms with Crippen molar-refractivity contribution in [1.29, 1.82) is 0 Å². The Morgan fingerprint density at radius 3 is 1.83 bits per heavy atom. The Kier molecular flexibility index (Phi) is 24.8. The van der Waals surface area contributed by atoms with Crippen molar-refractivity contribution in [1.82, 2.24) is 46.7 Å². The van der Waals surface area contributed by atoms with Crippen LogP contribution in [0.2, 0.25) is 0 Å². The molecular formula is C62H83N11O17. The number of phenols is 1. The summed E-state index contributed by atoms with van der Waals surface area (Å²) in [5.74, 6) is -2.53. The molecule has 0 spiro atoms. The molecule has 3 fully saturated rings. The third-order valence-electron chi connectivity index (χ3n) is 16.4. The minimum Gasteiger partial charge on any atom is -0.508 e. The lowest BCUT2D eigenvalue weighted by Crippen LogP contribution is -2.64. The van der Waals surface area contributed by atoms with Crippen LogP contribution in [0.15, 0.2) is 102 Å². The number of carbonyl (C=O) groups is 7. The maximum absolute atomic E-state index is 14.9.